The summed E-state index contributed by atoms with van der Waals surface area (Å²) in [4.78, 5) is 23.9. The first-order chi connectivity index (χ1) is 11.6. The van der Waals surface area contributed by atoms with Crippen LogP contribution in [0.25, 0.3) is 0 Å². The smallest absolute Gasteiger partial charge is 0.244 e. The Hall–Kier alpha value is -2.66. The van der Waals surface area contributed by atoms with Crippen molar-refractivity contribution < 1.29 is 14.3 Å². The predicted molar refractivity (Wildman–Crippen MR) is 91.8 cm³/mol. The second kappa shape index (κ2) is 8.84. The fourth-order valence-electron chi connectivity index (χ4n) is 2.25. The van der Waals surface area contributed by atoms with Crippen molar-refractivity contribution in [2.45, 2.75) is 19.6 Å². The lowest BCUT2D eigenvalue weighted by Gasteiger charge is -2.19. The molecule has 0 bridgehead atoms. The molecule has 126 valence electrons. The predicted octanol–water partition coefficient (Wildman–Crippen LogP) is 2.18. The van der Waals surface area contributed by atoms with Crippen molar-refractivity contribution in [2.75, 3.05) is 6.61 Å². The van der Waals surface area contributed by atoms with Gasteiger partial charge in [0.15, 0.2) is 0 Å². The third-order valence-corrected chi connectivity index (χ3v) is 3.63. The van der Waals surface area contributed by atoms with Gasteiger partial charge in [-0.2, -0.15) is 0 Å². The Kier molecular flexibility index (Phi) is 6.51. The van der Waals surface area contributed by atoms with Crippen LogP contribution in [0.3, 0.4) is 0 Å². The maximum atomic E-state index is 12.3. The van der Waals surface area contributed by atoms with Crippen LogP contribution in [0.4, 0.5) is 0 Å². The van der Waals surface area contributed by atoms with E-state index in [2.05, 4.69) is 5.32 Å². The van der Waals surface area contributed by atoms with E-state index in [1.165, 1.54) is 0 Å². The summed E-state index contributed by atoms with van der Waals surface area (Å²) in [6.07, 6.45) is 0. The Morgan fingerprint density at radius 2 is 1.62 bits per heavy atom. The minimum absolute atomic E-state index is 0.265. The largest absolute Gasteiger partial charge is 0.376 e. The second-order valence-corrected chi connectivity index (χ2v) is 5.66. The van der Waals surface area contributed by atoms with E-state index in [0.717, 1.165) is 5.56 Å². The van der Waals surface area contributed by atoms with E-state index < -0.39 is 11.9 Å². The first kappa shape index (κ1) is 17.7. The van der Waals surface area contributed by atoms with Crippen LogP contribution in [0.15, 0.2) is 60.7 Å². The molecular weight excluding hydrogens is 304 g/mol. The molecule has 0 heterocycles. The van der Waals surface area contributed by atoms with Crippen molar-refractivity contribution >= 4 is 11.8 Å². The number of carbonyl (C=O) groups is 2. The molecule has 0 aliphatic heterocycles. The molecule has 0 radical (unpaired) electrons. The zero-order valence-electron chi connectivity index (χ0n) is 13.6. The van der Waals surface area contributed by atoms with E-state index in [9.17, 15) is 9.59 Å². The summed E-state index contributed by atoms with van der Waals surface area (Å²) in [6, 6.07) is 17.8. The number of hydrogen-bond donors (Lipinski definition) is 2. The zero-order valence-corrected chi connectivity index (χ0v) is 13.6. The topological polar surface area (TPSA) is 81.4 Å². The number of amides is 2. The van der Waals surface area contributed by atoms with E-state index in [4.69, 9.17) is 10.5 Å². The summed E-state index contributed by atoms with van der Waals surface area (Å²) in [7, 11) is 0. The highest BCUT2D eigenvalue weighted by Gasteiger charge is 2.23. The molecule has 24 heavy (non-hydrogen) atoms. The highest BCUT2D eigenvalue weighted by Crippen LogP contribution is 2.13. The summed E-state index contributed by atoms with van der Waals surface area (Å²) < 4.78 is 5.57. The maximum Gasteiger partial charge on any atom is 0.244 e. The summed E-state index contributed by atoms with van der Waals surface area (Å²) in [5.74, 6) is -1.25. The summed E-state index contributed by atoms with van der Waals surface area (Å²) in [5.41, 5.74) is 7.12. The zero-order chi connectivity index (χ0) is 17.4. The molecule has 5 nitrogen and oxygen atoms in total. The van der Waals surface area contributed by atoms with E-state index in [1.54, 1.807) is 31.2 Å². The highest BCUT2D eigenvalue weighted by molar-refractivity contribution is 5.88. The van der Waals surface area contributed by atoms with Crippen molar-refractivity contribution in [3.63, 3.8) is 0 Å². The Labute approximate surface area is 141 Å². The lowest BCUT2D eigenvalue weighted by atomic mass is 10.1. The fourth-order valence-corrected chi connectivity index (χ4v) is 2.25. The van der Waals surface area contributed by atoms with Gasteiger partial charge < -0.3 is 15.8 Å². The van der Waals surface area contributed by atoms with Crippen LogP contribution in [0.5, 0.6) is 0 Å². The lowest BCUT2D eigenvalue weighted by molar-refractivity contribution is -0.131. The standard InChI is InChI=1S/C19H22N2O3/c1-14(12-24-13-15-8-4-2-5-9-15)19(23)21-17(18(20)22)16-10-6-3-7-11-16/h2-11,14,17H,12-13H2,1H3,(H2,20,22)(H,21,23)/t14-,17-/m1/s1. The van der Waals surface area contributed by atoms with Gasteiger partial charge in [-0.3, -0.25) is 9.59 Å². The summed E-state index contributed by atoms with van der Waals surface area (Å²) in [5, 5.41) is 2.69. The maximum absolute atomic E-state index is 12.3. The molecule has 0 aliphatic carbocycles. The van der Waals surface area contributed by atoms with Crippen LogP contribution in [-0.2, 0) is 20.9 Å². The number of hydrogen-bond acceptors (Lipinski definition) is 3. The van der Waals surface area contributed by atoms with Gasteiger partial charge in [0.2, 0.25) is 11.8 Å². The Morgan fingerprint density at radius 1 is 1.04 bits per heavy atom. The van der Waals surface area contributed by atoms with Crippen molar-refractivity contribution in [2.24, 2.45) is 11.7 Å². The van der Waals surface area contributed by atoms with Crippen LogP contribution in [-0.4, -0.2) is 18.4 Å². The molecule has 0 aromatic heterocycles. The molecule has 0 saturated heterocycles. The Morgan fingerprint density at radius 3 is 2.21 bits per heavy atom. The first-order valence-electron chi connectivity index (χ1n) is 7.84. The average molecular weight is 326 g/mol. The van der Waals surface area contributed by atoms with Crippen LogP contribution in [0.1, 0.15) is 24.1 Å². The van der Waals surface area contributed by atoms with Gasteiger partial charge in [-0.1, -0.05) is 67.6 Å². The van der Waals surface area contributed by atoms with Gasteiger partial charge in [0.05, 0.1) is 19.1 Å². The molecule has 2 aromatic carbocycles. The normalized spacial score (nSPS) is 13.0. The van der Waals surface area contributed by atoms with Crippen LogP contribution in [0.2, 0.25) is 0 Å². The number of carbonyl (C=O) groups excluding carboxylic acids is 2. The molecule has 0 spiro atoms. The number of primary amides is 1. The number of nitrogens with one attached hydrogen (secondary N) is 1. The molecule has 0 aliphatic rings. The van der Waals surface area contributed by atoms with Crippen molar-refractivity contribution in [1.82, 2.24) is 5.32 Å². The minimum Gasteiger partial charge on any atom is -0.376 e. The third-order valence-electron chi connectivity index (χ3n) is 3.63. The highest BCUT2D eigenvalue weighted by atomic mass is 16.5. The first-order valence-corrected chi connectivity index (χ1v) is 7.84. The van der Waals surface area contributed by atoms with Crippen LogP contribution in [0, 0.1) is 5.92 Å². The molecule has 0 unspecified atom stereocenters. The molecular formula is C19H22N2O3. The fraction of sp³-hybridized carbons (Fsp3) is 0.263. The monoisotopic (exact) mass is 326 g/mol. The third kappa shape index (κ3) is 5.21. The van der Waals surface area contributed by atoms with Gasteiger partial charge in [0.25, 0.3) is 0 Å². The minimum atomic E-state index is -0.838. The number of nitrogens with two attached hydrogens (primary N) is 1. The Balaban J connectivity index is 1.86. The summed E-state index contributed by atoms with van der Waals surface area (Å²) >= 11 is 0. The van der Waals surface area contributed by atoms with Gasteiger partial charge in [0.1, 0.15) is 6.04 Å². The van der Waals surface area contributed by atoms with Crippen molar-refractivity contribution in [3.8, 4) is 0 Å². The molecule has 0 saturated carbocycles. The number of benzene rings is 2. The second-order valence-electron chi connectivity index (χ2n) is 5.66. The van der Waals surface area contributed by atoms with Crippen LogP contribution < -0.4 is 11.1 Å². The molecule has 3 N–H and O–H groups in total. The SMILES string of the molecule is C[C@H](COCc1ccccc1)C(=O)N[C@@H](C(N)=O)c1ccccc1. The van der Waals surface area contributed by atoms with E-state index in [0.29, 0.717) is 12.2 Å². The molecule has 0 fully saturated rings. The lowest BCUT2D eigenvalue weighted by Crippen LogP contribution is -2.40. The molecule has 2 rings (SSSR count). The summed E-state index contributed by atoms with van der Waals surface area (Å²) in [6.45, 7) is 2.46. The quantitative estimate of drug-likeness (QED) is 0.780. The number of ether oxygens (including phenoxy) is 1. The molecule has 5 heteroatoms. The number of rotatable bonds is 8. The van der Waals surface area contributed by atoms with Gasteiger partial charge >= 0.3 is 0 Å². The molecule has 2 aromatic rings. The van der Waals surface area contributed by atoms with Gasteiger partial charge in [0, 0.05) is 0 Å². The Bertz CT molecular complexity index is 659. The van der Waals surface area contributed by atoms with E-state index in [-0.39, 0.29) is 18.4 Å². The van der Waals surface area contributed by atoms with Gasteiger partial charge in [-0.05, 0) is 11.1 Å². The molecule has 2 atom stereocenters. The van der Waals surface area contributed by atoms with E-state index in [1.807, 2.05) is 36.4 Å². The van der Waals surface area contributed by atoms with Gasteiger partial charge in [-0.15, -0.1) is 0 Å². The van der Waals surface area contributed by atoms with Crippen molar-refractivity contribution in [1.29, 1.82) is 0 Å². The molecule has 2 amide bonds. The van der Waals surface area contributed by atoms with Gasteiger partial charge in [-0.25, -0.2) is 0 Å². The van der Waals surface area contributed by atoms with E-state index >= 15 is 0 Å². The average Bonchev–Trinajstić information content (AvgIpc) is 2.60. The van der Waals surface area contributed by atoms with Crippen molar-refractivity contribution in [3.05, 3.63) is 71.8 Å². The van der Waals surface area contributed by atoms with Crippen LogP contribution >= 0.6 is 0 Å².